The molecule has 0 unspecified atom stereocenters. The highest BCUT2D eigenvalue weighted by Gasteiger charge is 2.32. The molecule has 0 saturated heterocycles. The molecule has 3 nitrogen and oxygen atoms in total. The van der Waals surface area contributed by atoms with E-state index in [9.17, 15) is 0 Å². The smallest absolute Gasteiger partial charge is 0.162 e. The van der Waals surface area contributed by atoms with E-state index in [1.807, 2.05) is 30.3 Å². The van der Waals surface area contributed by atoms with E-state index in [2.05, 4.69) is 23.8 Å². The van der Waals surface area contributed by atoms with Gasteiger partial charge in [0.15, 0.2) is 5.82 Å². The third kappa shape index (κ3) is 2.84. The SMILES string of the molecule is CCC(CC)(OC)c1nc(Cl)cc(-c2ccccc2)n1. The maximum absolute atomic E-state index is 6.17. The van der Waals surface area contributed by atoms with Crippen molar-refractivity contribution < 1.29 is 4.74 Å². The fourth-order valence-electron chi connectivity index (χ4n) is 2.32. The van der Waals surface area contributed by atoms with Gasteiger partial charge in [-0.3, -0.25) is 0 Å². The van der Waals surface area contributed by atoms with Crippen molar-refractivity contribution in [2.75, 3.05) is 7.11 Å². The Labute approximate surface area is 125 Å². The first-order chi connectivity index (χ1) is 9.65. The number of methoxy groups -OCH3 is 1. The standard InChI is InChI=1S/C16H19ClN2O/c1-4-16(5-2,20-3)15-18-13(11-14(17)19-15)12-9-7-6-8-10-12/h6-11H,4-5H2,1-3H3. The molecule has 0 bridgehead atoms. The Kier molecular flexibility index (Phi) is 4.73. The summed E-state index contributed by atoms with van der Waals surface area (Å²) in [5.41, 5.74) is 1.37. The Bertz CT molecular complexity index is 560. The lowest BCUT2D eigenvalue weighted by Gasteiger charge is -2.28. The first-order valence-electron chi connectivity index (χ1n) is 6.81. The van der Waals surface area contributed by atoms with Crippen molar-refractivity contribution in [1.82, 2.24) is 9.97 Å². The van der Waals surface area contributed by atoms with Gasteiger partial charge >= 0.3 is 0 Å². The number of ether oxygens (including phenoxy) is 1. The summed E-state index contributed by atoms with van der Waals surface area (Å²) in [4.78, 5) is 9.04. The minimum Gasteiger partial charge on any atom is -0.370 e. The molecule has 0 radical (unpaired) electrons. The van der Waals surface area contributed by atoms with Crippen LogP contribution in [-0.2, 0) is 10.3 Å². The number of rotatable bonds is 5. The third-order valence-corrected chi connectivity index (χ3v) is 3.90. The predicted molar refractivity (Wildman–Crippen MR) is 81.7 cm³/mol. The van der Waals surface area contributed by atoms with Crippen LogP contribution in [0.1, 0.15) is 32.5 Å². The van der Waals surface area contributed by atoms with Crippen molar-refractivity contribution in [2.45, 2.75) is 32.3 Å². The van der Waals surface area contributed by atoms with Crippen LogP contribution in [0.3, 0.4) is 0 Å². The zero-order valence-electron chi connectivity index (χ0n) is 12.1. The molecule has 0 atom stereocenters. The van der Waals surface area contributed by atoms with Crippen LogP contribution in [0.25, 0.3) is 11.3 Å². The fourth-order valence-corrected chi connectivity index (χ4v) is 2.51. The largest absolute Gasteiger partial charge is 0.370 e. The Hall–Kier alpha value is -1.45. The number of halogens is 1. The van der Waals surface area contributed by atoms with Crippen LogP contribution in [-0.4, -0.2) is 17.1 Å². The van der Waals surface area contributed by atoms with Crippen LogP contribution in [0, 0.1) is 0 Å². The molecule has 20 heavy (non-hydrogen) atoms. The van der Waals surface area contributed by atoms with Gasteiger partial charge in [0, 0.05) is 18.7 Å². The van der Waals surface area contributed by atoms with Gasteiger partial charge in [0.2, 0.25) is 0 Å². The van der Waals surface area contributed by atoms with Crippen LogP contribution in [0.15, 0.2) is 36.4 Å². The number of benzene rings is 1. The van der Waals surface area contributed by atoms with E-state index in [1.54, 1.807) is 13.2 Å². The highest BCUT2D eigenvalue weighted by atomic mass is 35.5. The van der Waals surface area contributed by atoms with Gasteiger partial charge in [-0.05, 0) is 12.8 Å². The van der Waals surface area contributed by atoms with E-state index in [0.29, 0.717) is 11.0 Å². The van der Waals surface area contributed by atoms with E-state index in [0.717, 1.165) is 24.1 Å². The van der Waals surface area contributed by atoms with Gasteiger partial charge < -0.3 is 4.74 Å². The summed E-state index contributed by atoms with van der Waals surface area (Å²) in [6, 6.07) is 11.7. The van der Waals surface area contributed by atoms with E-state index < -0.39 is 5.60 Å². The van der Waals surface area contributed by atoms with Gasteiger partial charge in [0.1, 0.15) is 10.8 Å². The van der Waals surface area contributed by atoms with Gasteiger partial charge in [0.25, 0.3) is 0 Å². The Morgan fingerprint density at radius 3 is 2.30 bits per heavy atom. The van der Waals surface area contributed by atoms with E-state index >= 15 is 0 Å². The maximum Gasteiger partial charge on any atom is 0.162 e. The highest BCUT2D eigenvalue weighted by Crippen LogP contribution is 2.32. The first kappa shape index (κ1) is 14.9. The maximum atomic E-state index is 6.17. The minimum absolute atomic E-state index is 0.442. The molecule has 0 fully saturated rings. The van der Waals surface area contributed by atoms with Gasteiger partial charge in [-0.15, -0.1) is 0 Å². The van der Waals surface area contributed by atoms with Crippen molar-refractivity contribution in [3.05, 3.63) is 47.4 Å². The second kappa shape index (κ2) is 6.33. The Balaban J connectivity index is 2.54. The highest BCUT2D eigenvalue weighted by molar-refractivity contribution is 6.29. The van der Waals surface area contributed by atoms with Crippen LogP contribution in [0.4, 0.5) is 0 Å². The molecule has 2 aromatic rings. The number of hydrogen-bond acceptors (Lipinski definition) is 3. The zero-order chi connectivity index (χ0) is 14.6. The normalized spacial score (nSPS) is 11.6. The molecule has 0 aliphatic heterocycles. The summed E-state index contributed by atoms with van der Waals surface area (Å²) in [7, 11) is 1.69. The molecule has 0 spiro atoms. The van der Waals surface area contributed by atoms with E-state index in [1.165, 1.54) is 0 Å². The molecule has 106 valence electrons. The van der Waals surface area contributed by atoms with Crippen LogP contribution in [0.2, 0.25) is 5.15 Å². The zero-order valence-corrected chi connectivity index (χ0v) is 12.8. The molecule has 4 heteroatoms. The van der Waals surface area contributed by atoms with Gasteiger partial charge in [-0.25, -0.2) is 9.97 Å². The molecule has 1 aromatic heterocycles. The lowest BCUT2D eigenvalue weighted by molar-refractivity contribution is -0.0290. The molecule has 2 rings (SSSR count). The summed E-state index contributed by atoms with van der Waals surface area (Å²) in [6.45, 7) is 4.14. The van der Waals surface area contributed by atoms with Crippen molar-refractivity contribution in [3.8, 4) is 11.3 Å². The van der Waals surface area contributed by atoms with Crippen molar-refractivity contribution in [3.63, 3.8) is 0 Å². The number of hydrogen-bond donors (Lipinski definition) is 0. The van der Waals surface area contributed by atoms with Gasteiger partial charge in [-0.1, -0.05) is 55.8 Å². The third-order valence-electron chi connectivity index (χ3n) is 3.70. The molecule has 0 amide bonds. The second-order valence-corrected chi connectivity index (χ2v) is 5.06. The predicted octanol–water partition coefficient (Wildman–Crippen LogP) is 4.46. The van der Waals surface area contributed by atoms with Crippen molar-refractivity contribution in [2.24, 2.45) is 0 Å². The summed E-state index contributed by atoms with van der Waals surface area (Å²) in [5, 5.41) is 0.442. The van der Waals surface area contributed by atoms with Crippen LogP contribution >= 0.6 is 11.6 Å². The number of nitrogens with zero attached hydrogens (tertiary/aromatic N) is 2. The van der Waals surface area contributed by atoms with Crippen molar-refractivity contribution >= 4 is 11.6 Å². The molecule has 0 saturated carbocycles. The molecule has 1 aromatic carbocycles. The monoisotopic (exact) mass is 290 g/mol. The average Bonchev–Trinajstić information content (AvgIpc) is 2.50. The van der Waals surface area contributed by atoms with Crippen LogP contribution < -0.4 is 0 Å². The Morgan fingerprint density at radius 1 is 1.10 bits per heavy atom. The minimum atomic E-state index is -0.478. The molecule has 1 heterocycles. The number of aromatic nitrogens is 2. The summed E-state index contributed by atoms with van der Waals surface area (Å²) in [6.07, 6.45) is 1.60. The van der Waals surface area contributed by atoms with E-state index in [4.69, 9.17) is 16.3 Å². The lowest BCUT2D eigenvalue weighted by Crippen LogP contribution is -2.29. The lowest BCUT2D eigenvalue weighted by atomic mass is 9.95. The second-order valence-electron chi connectivity index (χ2n) is 4.67. The topological polar surface area (TPSA) is 35.0 Å². The van der Waals surface area contributed by atoms with Crippen LogP contribution in [0.5, 0.6) is 0 Å². The summed E-state index contributed by atoms with van der Waals surface area (Å²) < 4.78 is 5.68. The van der Waals surface area contributed by atoms with Crippen molar-refractivity contribution in [1.29, 1.82) is 0 Å². The van der Waals surface area contributed by atoms with E-state index in [-0.39, 0.29) is 0 Å². The van der Waals surface area contributed by atoms with Gasteiger partial charge in [-0.2, -0.15) is 0 Å². The molecule has 0 aliphatic rings. The fraction of sp³-hybridized carbons (Fsp3) is 0.375. The molecule has 0 aliphatic carbocycles. The molecule has 0 N–H and O–H groups in total. The van der Waals surface area contributed by atoms with Gasteiger partial charge in [0.05, 0.1) is 5.69 Å². The quantitative estimate of drug-likeness (QED) is 0.763. The molecular formula is C16H19ClN2O. The first-order valence-corrected chi connectivity index (χ1v) is 7.18. The average molecular weight is 291 g/mol. The Morgan fingerprint density at radius 2 is 1.75 bits per heavy atom. The summed E-state index contributed by atoms with van der Waals surface area (Å²) >= 11 is 6.17. The summed E-state index contributed by atoms with van der Waals surface area (Å²) in [5.74, 6) is 0.649. The molecular weight excluding hydrogens is 272 g/mol.